The van der Waals surface area contributed by atoms with Crippen LogP contribution in [-0.2, 0) is 0 Å². The lowest BCUT2D eigenvalue weighted by Gasteiger charge is -2.05. The Balaban J connectivity index is 1.61. The summed E-state index contributed by atoms with van der Waals surface area (Å²) in [6, 6.07) is 8.37. The van der Waals surface area contributed by atoms with Crippen molar-refractivity contribution < 1.29 is 13.9 Å². The lowest BCUT2D eigenvalue weighted by Crippen LogP contribution is -2.19. The van der Waals surface area contributed by atoms with Gasteiger partial charge in [0.1, 0.15) is 5.75 Å². The van der Waals surface area contributed by atoms with Crippen molar-refractivity contribution in [3.63, 3.8) is 0 Å². The summed E-state index contributed by atoms with van der Waals surface area (Å²) in [5, 5.41) is 16.6. The van der Waals surface area contributed by atoms with Crippen LogP contribution in [-0.4, -0.2) is 23.3 Å². The maximum atomic E-state index is 11.9. The van der Waals surface area contributed by atoms with Crippen molar-refractivity contribution in [3.05, 3.63) is 41.1 Å². The van der Waals surface area contributed by atoms with Crippen molar-refractivity contribution in [2.24, 2.45) is 0 Å². The van der Waals surface area contributed by atoms with E-state index in [0.717, 1.165) is 5.56 Å². The molecule has 3 aromatic rings. The summed E-state index contributed by atoms with van der Waals surface area (Å²) < 4.78 is 10.4. The van der Waals surface area contributed by atoms with E-state index in [1.807, 2.05) is 16.8 Å². The fourth-order valence-electron chi connectivity index (χ4n) is 1.71. The summed E-state index contributed by atoms with van der Waals surface area (Å²) >= 11 is 1.52. The van der Waals surface area contributed by atoms with Gasteiger partial charge in [0, 0.05) is 16.6 Å². The number of methoxy groups -OCH3 is 1. The third-order valence-corrected chi connectivity index (χ3v) is 3.44. The molecule has 0 spiro atoms. The first-order valence-electron chi connectivity index (χ1n) is 6.33. The van der Waals surface area contributed by atoms with Crippen molar-refractivity contribution in [2.75, 3.05) is 17.7 Å². The largest absolute Gasteiger partial charge is 0.497 e. The molecule has 0 saturated carbocycles. The highest BCUT2D eigenvalue weighted by Crippen LogP contribution is 2.22. The van der Waals surface area contributed by atoms with Gasteiger partial charge >= 0.3 is 12.0 Å². The SMILES string of the molecule is COc1ccc(NC(=O)Nc2nnc(-c3ccsc3)o2)cc1. The second kappa shape index (κ2) is 6.27. The average molecular weight is 316 g/mol. The van der Waals surface area contributed by atoms with Gasteiger partial charge in [0.25, 0.3) is 5.89 Å². The molecule has 2 amide bonds. The van der Waals surface area contributed by atoms with Crippen LogP contribution in [0.2, 0.25) is 0 Å². The minimum Gasteiger partial charge on any atom is -0.497 e. The number of nitrogens with zero attached hydrogens (tertiary/aromatic N) is 2. The van der Waals surface area contributed by atoms with Crippen LogP contribution in [0.15, 0.2) is 45.5 Å². The van der Waals surface area contributed by atoms with Crippen molar-refractivity contribution in [2.45, 2.75) is 0 Å². The number of aromatic nitrogens is 2. The molecular weight excluding hydrogens is 304 g/mol. The number of carbonyl (C=O) groups excluding carboxylic acids is 1. The van der Waals surface area contributed by atoms with Crippen LogP contribution < -0.4 is 15.4 Å². The van der Waals surface area contributed by atoms with Gasteiger partial charge < -0.3 is 14.5 Å². The molecule has 0 aliphatic heterocycles. The molecule has 2 heterocycles. The normalized spacial score (nSPS) is 10.2. The molecule has 1 aromatic carbocycles. The Bertz CT molecular complexity index is 753. The number of hydrogen-bond donors (Lipinski definition) is 2. The molecule has 0 aliphatic rings. The number of amides is 2. The molecule has 3 rings (SSSR count). The van der Waals surface area contributed by atoms with E-state index in [2.05, 4.69) is 20.8 Å². The van der Waals surface area contributed by atoms with E-state index in [9.17, 15) is 4.79 Å². The Morgan fingerprint density at radius 2 is 2.00 bits per heavy atom. The summed E-state index contributed by atoms with van der Waals surface area (Å²) in [4.78, 5) is 11.9. The molecule has 7 nitrogen and oxygen atoms in total. The second-order valence-corrected chi connectivity index (χ2v) is 5.01. The van der Waals surface area contributed by atoms with E-state index < -0.39 is 6.03 Å². The highest BCUT2D eigenvalue weighted by molar-refractivity contribution is 7.08. The molecular formula is C14H12N4O3S. The Morgan fingerprint density at radius 3 is 2.68 bits per heavy atom. The number of thiophene rings is 1. The molecule has 0 fully saturated rings. The zero-order valence-corrected chi connectivity index (χ0v) is 12.4. The molecule has 22 heavy (non-hydrogen) atoms. The number of urea groups is 1. The van der Waals surface area contributed by atoms with Gasteiger partial charge in [-0.25, -0.2) is 4.79 Å². The third kappa shape index (κ3) is 3.23. The maximum Gasteiger partial charge on any atom is 0.327 e. The first-order valence-corrected chi connectivity index (χ1v) is 7.27. The molecule has 2 aromatic heterocycles. The van der Waals surface area contributed by atoms with Gasteiger partial charge in [-0.05, 0) is 35.7 Å². The Labute approximate surface area is 129 Å². The Kier molecular flexibility index (Phi) is 4.01. The first kappa shape index (κ1) is 14.1. The highest BCUT2D eigenvalue weighted by Gasteiger charge is 2.11. The van der Waals surface area contributed by atoms with Crippen LogP contribution in [0.3, 0.4) is 0 Å². The minimum atomic E-state index is -0.467. The van der Waals surface area contributed by atoms with Crippen molar-refractivity contribution >= 4 is 29.1 Å². The number of anilines is 2. The zero-order valence-electron chi connectivity index (χ0n) is 11.6. The van der Waals surface area contributed by atoms with Gasteiger partial charge in [-0.1, -0.05) is 5.10 Å². The van der Waals surface area contributed by atoms with Crippen molar-refractivity contribution in [1.29, 1.82) is 0 Å². The zero-order chi connectivity index (χ0) is 15.4. The summed E-state index contributed by atoms with van der Waals surface area (Å²) in [6.07, 6.45) is 0. The number of rotatable bonds is 4. The van der Waals surface area contributed by atoms with E-state index in [1.54, 1.807) is 31.4 Å². The van der Waals surface area contributed by atoms with Gasteiger partial charge in [0.05, 0.1) is 7.11 Å². The van der Waals surface area contributed by atoms with Crippen LogP contribution in [0.5, 0.6) is 5.75 Å². The first-order chi connectivity index (χ1) is 10.7. The number of carbonyl (C=O) groups is 1. The minimum absolute atomic E-state index is 0.0345. The summed E-state index contributed by atoms with van der Waals surface area (Å²) in [5.41, 5.74) is 1.44. The second-order valence-electron chi connectivity index (χ2n) is 4.23. The molecule has 0 unspecified atom stereocenters. The molecule has 0 radical (unpaired) electrons. The van der Waals surface area contributed by atoms with E-state index in [0.29, 0.717) is 17.3 Å². The molecule has 0 aliphatic carbocycles. The lowest BCUT2D eigenvalue weighted by molar-refractivity contribution is 0.261. The van der Waals surface area contributed by atoms with Crippen LogP contribution in [0.25, 0.3) is 11.5 Å². The fraction of sp³-hybridized carbons (Fsp3) is 0.0714. The smallest absolute Gasteiger partial charge is 0.327 e. The van der Waals surface area contributed by atoms with E-state index >= 15 is 0 Å². The summed E-state index contributed by atoms with van der Waals surface area (Å²) in [6.45, 7) is 0. The predicted molar refractivity (Wildman–Crippen MR) is 83.2 cm³/mol. The molecule has 0 atom stereocenters. The number of ether oxygens (including phenoxy) is 1. The fourth-order valence-corrected chi connectivity index (χ4v) is 2.34. The molecule has 112 valence electrons. The van der Waals surface area contributed by atoms with Gasteiger partial charge in [-0.3, -0.25) is 5.32 Å². The molecule has 2 N–H and O–H groups in total. The van der Waals surface area contributed by atoms with Crippen LogP contribution in [0, 0.1) is 0 Å². The van der Waals surface area contributed by atoms with Crippen LogP contribution >= 0.6 is 11.3 Å². The Morgan fingerprint density at radius 1 is 1.18 bits per heavy atom. The maximum absolute atomic E-state index is 11.9. The van der Waals surface area contributed by atoms with Gasteiger partial charge in [0.2, 0.25) is 0 Å². The lowest BCUT2D eigenvalue weighted by atomic mass is 10.3. The molecule has 0 saturated heterocycles. The standard InChI is InChI=1S/C14H12N4O3S/c1-20-11-4-2-10(3-5-11)15-13(19)16-14-18-17-12(21-14)9-6-7-22-8-9/h2-8H,1H3,(H2,15,16,18,19). The monoisotopic (exact) mass is 316 g/mol. The molecule has 0 bridgehead atoms. The topological polar surface area (TPSA) is 89.3 Å². The van der Waals surface area contributed by atoms with Gasteiger partial charge in [0.15, 0.2) is 0 Å². The average Bonchev–Trinajstić information content (AvgIpc) is 3.19. The number of hydrogen-bond acceptors (Lipinski definition) is 6. The van der Waals surface area contributed by atoms with E-state index in [-0.39, 0.29) is 6.01 Å². The highest BCUT2D eigenvalue weighted by atomic mass is 32.1. The van der Waals surface area contributed by atoms with Gasteiger partial charge in [-0.15, -0.1) is 5.10 Å². The quantitative estimate of drug-likeness (QED) is 0.769. The molecule has 8 heteroatoms. The van der Waals surface area contributed by atoms with E-state index in [4.69, 9.17) is 9.15 Å². The van der Waals surface area contributed by atoms with Crippen molar-refractivity contribution in [3.8, 4) is 17.2 Å². The number of benzene rings is 1. The van der Waals surface area contributed by atoms with Gasteiger partial charge in [-0.2, -0.15) is 11.3 Å². The van der Waals surface area contributed by atoms with Crippen LogP contribution in [0.4, 0.5) is 16.5 Å². The summed E-state index contributed by atoms with van der Waals surface area (Å²) in [5.74, 6) is 1.07. The number of nitrogens with one attached hydrogen (secondary N) is 2. The van der Waals surface area contributed by atoms with Crippen LogP contribution in [0.1, 0.15) is 0 Å². The Hall–Kier alpha value is -2.87. The van der Waals surface area contributed by atoms with E-state index in [1.165, 1.54) is 11.3 Å². The summed E-state index contributed by atoms with van der Waals surface area (Å²) in [7, 11) is 1.58. The van der Waals surface area contributed by atoms with Crippen molar-refractivity contribution in [1.82, 2.24) is 10.2 Å². The third-order valence-electron chi connectivity index (χ3n) is 2.76. The predicted octanol–water partition coefficient (Wildman–Crippen LogP) is 3.45.